The van der Waals surface area contributed by atoms with E-state index in [2.05, 4.69) is 5.32 Å². The van der Waals surface area contributed by atoms with E-state index in [1.165, 1.54) is 24.3 Å². The SMILES string of the molecule is CCCCN(CC(=O)Nc1cccc(F)c1)S(C)(=O)=O. The van der Waals surface area contributed by atoms with E-state index in [9.17, 15) is 17.6 Å². The summed E-state index contributed by atoms with van der Waals surface area (Å²) in [5.41, 5.74) is 0.305. The van der Waals surface area contributed by atoms with Gasteiger partial charge in [-0.3, -0.25) is 4.79 Å². The molecule has 0 saturated carbocycles. The van der Waals surface area contributed by atoms with Crippen molar-refractivity contribution in [3.05, 3.63) is 30.1 Å². The first-order chi connectivity index (χ1) is 9.32. The topological polar surface area (TPSA) is 66.5 Å². The zero-order valence-electron chi connectivity index (χ0n) is 11.6. The molecule has 1 N–H and O–H groups in total. The minimum atomic E-state index is -3.43. The number of amides is 1. The van der Waals surface area contributed by atoms with E-state index in [0.29, 0.717) is 18.7 Å². The Labute approximate surface area is 118 Å². The molecular formula is C13H19FN2O3S. The molecule has 0 aliphatic carbocycles. The molecule has 0 aliphatic rings. The maximum Gasteiger partial charge on any atom is 0.239 e. The summed E-state index contributed by atoms with van der Waals surface area (Å²) in [4.78, 5) is 11.8. The van der Waals surface area contributed by atoms with Gasteiger partial charge in [-0.1, -0.05) is 19.4 Å². The molecule has 1 aromatic carbocycles. The van der Waals surface area contributed by atoms with Crippen molar-refractivity contribution >= 4 is 21.6 Å². The lowest BCUT2D eigenvalue weighted by atomic mass is 10.3. The molecule has 7 heteroatoms. The van der Waals surface area contributed by atoms with Gasteiger partial charge >= 0.3 is 0 Å². The van der Waals surface area contributed by atoms with Crippen LogP contribution in [0, 0.1) is 5.82 Å². The van der Waals surface area contributed by atoms with Crippen LogP contribution in [0.5, 0.6) is 0 Å². The summed E-state index contributed by atoms with van der Waals surface area (Å²) in [7, 11) is -3.43. The van der Waals surface area contributed by atoms with Crippen molar-refractivity contribution in [1.29, 1.82) is 0 Å². The van der Waals surface area contributed by atoms with Gasteiger partial charge in [0.05, 0.1) is 12.8 Å². The summed E-state index contributed by atoms with van der Waals surface area (Å²) in [6, 6.07) is 5.45. The summed E-state index contributed by atoms with van der Waals surface area (Å²) in [5, 5.41) is 2.48. The molecule has 0 atom stereocenters. The number of anilines is 1. The molecule has 0 bridgehead atoms. The van der Waals surface area contributed by atoms with E-state index in [4.69, 9.17) is 0 Å². The van der Waals surface area contributed by atoms with E-state index in [-0.39, 0.29) is 6.54 Å². The Morgan fingerprint density at radius 1 is 1.40 bits per heavy atom. The number of hydrogen-bond acceptors (Lipinski definition) is 3. The number of nitrogens with zero attached hydrogens (tertiary/aromatic N) is 1. The third-order valence-corrected chi connectivity index (χ3v) is 3.91. The highest BCUT2D eigenvalue weighted by molar-refractivity contribution is 7.88. The third-order valence-electron chi connectivity index (χ3n) is 2.66. The van der Waals surface area contributed by atoms with Crippen LogP contribution < -0.4 is 5.32 Å². The summed E-state index contributed by atoms with van der Waals surface area (Å²) >= 11 is 0. The second-order valence-corrected chi connectivity index (χ2v) is 6.49. The lowest BCUT2D eigenvalue weighted by Crippen LogP contribution is -2.38. The van der Waals surface area contributed by atoms with Crippen LogP contribution in [0.2, 0.25) is 0 Å². The molecule has 1 aromatic rings. The molecule has 112 valence electrons. The van der Waals surface area contributed by atoms with Crippen LogP contribution in [0.1, 0.15) is 19.8 Å². The number of benzene rings is 1. The number of carbonyl (C=O) groups is 1. The summed E-state index contributed by atoms with van der Waals surface area (Å²) < 4.78 is 37.2. The highest BCUT2D eigenvalue weighted by Gasteiger charge is 2.19. The molecule has 1 rings (SSSR count). The van der Waals surface area contributed by atoms with Gasteiger partial charge in [0.15, 0.2) is 0 Å². The monoisotopic (exact) mass is 302 g/mol. The van der Waals surface area contributed by atoms with Gasteiger partial charge in [-0.15, -0.1) is 0 Å². The Kier molecular flexibility index (Phi) is 6.09. The molecule has 20 heavy (non-hydrogen) atoms. The van der Waals surface area contributed by atoms with E-state index in [1.807, 2.05) is 6.92 Å². The first-order valence-electron chi connectivity index (χ1n) is 6.33. The zero-order valence-corrected chi connectivity index (χ0v) is 12.4. The van der Waals surface area contributed by atoms with Gasteiger partial charge in [-0.05, 0) is 24.6 Å². The van der Waals surface area contributed by atoms with Gasteiger partial charge in [0.2, 0.25) is 15.9 Å². The van der Waals surface area contributed by atoms with Crippen LogP contribution in [-0.2, 0) is 14.8 Å². The quantitative estimate of drug-likeness (QED) is 0.835. The van der Waals surface area contributed by atoms with Gasteiger partial charge in [0, 0.05) is 12.2 Å². The van der Waals surface area contributed by atoms with E-state index in [1.54, 1.807) is 0 Å². The van der Waals surface area contributed by atoms with Crippen LogP contribution >= 0.6 is 0 Å². The molecule has 0 unspecified atom stereocenters. The van der Waals surface area contributed by atoms with Crippen molar-refractivity contribution in [1.82, 2.24) is 4.31 Å². The van der Waals surface area contributed by atoms with Crippen molar-refractivity contribution in [2.75, 3.05) is 24.7 Å². The van der Waals surface area contributed by atoms with Crippen molar-refractivity contribution < 1.29 is 17.6 Å². The molecule has 0 heterocycles. The van der Waals surface area contributed by atoms with E-state index < -0.39 is 21.7 Å². The van der Waals surface area contributed by atoms with Crippen LogP contribution in [-0.4, -0.2) is 38.0 Å². The number of halogens is 1. The molecule has 0 fully saturated rings. The molecule has 1 amide bonds. The number of hydrogen-bond donors (Lipinski definition) is 1. The Morgan fingerprint density at radius 3 is 2.65 bits per heavy atom. The Bertz CT molecular complexity index is 560. The van der Waals surface area contributed by atoms with Crippen molar-refractivity contribution in [3.63, 3.8) is 0 Å². The lowest BCUT2D eigenvalue weighted by Gasteiger charge is -2.19. The first-order valence-corrected chi connectivity index (χ1v) is 8.18. The van der Waals surface area contributed by atoms with Crippen molar-refractivity contribution in [2.45, 2.75) is 19.8 Å². The zero-order chi connectivity index (χ0) is 15.2. The molecule has 0 spiro atoms. The minimum absolute atomic E-state index is 0.269. The smallest absolute Gasteiger partial charge is 0.239 e. The van der Waals surface area contributed by atoms with Crippen molar-refractivity contribution in [2.24, 2.45) is 0 Å². The summed E-state index contributed by atoms with van der Waals surface area (Å²) in [5.74, 6) is -0.953. The van der Waals surface area contributed by atoms with Crippen LogP contribution in [0.4, 0.5) is 10.1 Å². The fourth-order valence-corrected chi connectivity index (χ4v) is 2.44. The van der Waals surface area contributed by atoms with Crippen molar-refractivity contribution in [3.8, 4) is 0 Å². The number of nitrogens with one attached hydrogen (secondary N) is 1. The fourth-order valence-electron chi connectivity index (χ4n) is 1.62. The second kappa shape index (κ2) is 7.35. The van der Waals surface area contributed by atoms with Crippen LogP contribution in [0.25, 0.3) is 0 Å². The first kappa shape index (κ1) is 16.6. The number of sulfonamides is 1. The van der Waals surface area contributed by atoms with E-state index in [0.717, 1.165) is 17.0 Å². The standard InChI is InChI=1S/C13H19FN2O3S/c1-3-4-8-16(20(2,18)19)10-13(17)15-12-7-5-6-11(14)9-12/h5-7,9H,3-4,8,10H2,1-2H3,(H,15,17). The molecule has 0 aliphatic heterocycles. The van der Waals surface area contributed by atoms with Gasteiger partial charge in [0.25, 0.3) is 0 Å². The largest absolute Gasteiger partial charge is 0.325 e. The maximum atomic E-state index is 13.0. The highest BCUT2D eigenvalue weighted by atomic mass is 32.2. The Morgan fingerprint density at radius 2 is 2.10 bits per heavy atom. The minimum Gasteiger partial charge on any atom is -0.325 e. The summed E-state index contributed by atoms with van der Waals surface area (Å²) in [6.07, 6.45) is 2.58. The number of rotatable bonds is 7. The van der Waals surface area contributed by atoms with Crippen LogP contribution in [0.3, 0.4) is 0 Å². The molecule has 0 radical (unpaired) electrons. The number of unbranched alkanes of at least 4 members (excludes halogenated alkanes) is 1. The molecule has 0 aromatic heterocycles. The third kappa shape index (κ3) is 5.66. The second-order valence-electron chi connectivity index (χ2n) is 4.51. The van der Waals surface area contributed by atoms with E-state index >= 15 is 0 Å². The number of carbonyl (C=O) groups excluding carboxylic acids is 1. The predicted octanol–water partition coefficient (Wildman–Crippen LogP) is 1.83. The predicted molar refractivity (Wildman–Crippen MR) is 76.4 cm³/mol. The van der Waals surface area contributed by atoms with Gasteiger partial charge in [-0.2, -0.15) is 4.31 Å². The van der Waals surface area contributed by atoms with Gasteiger partial charge in [-0.25, -0.2) is 12.8 Å². The lowest BCUT2D eigenvalue weighted by molar-refractivity contribution is -0.116. The fraction of sp³-hybridized carbons (Fsp3) is 0.462. The molecular weight excluding hydrogens is 283 g/mol. The Balaban J connectivity index is 2.67. The maximum absolute atomic E-state index is 13.0. The average Bonchev–Trinajstić information content (AvgIpc) is 2.33. The molecule has 5 nitrogen and oxygen atoms in total. The average molecular weight is 302 g/mol. The summed E-state index contributed by atoms with van der Waals surface area (Å²) in [6.45, 7) is 1.97. The normalized spacial score (nSPS) is 11.6. The van der Waals surface area contributed by atoms with Crippen LogP contribution in [0.15, 0.2) is 24.3 Å². The highest BCUT2D eigenvalue weighted by Crippen LogP contribution is 2.09. The van der Waals surface area contributed by atoms with Gasteiger partial charge in [0.1, 0.15) is 5.82 Å². The Hall–Kier alpha value is -1.47. The van der Waals surface area contributed by atoms with Gasteiger partial charge < -0.3 is 5.32 Å². The molecule has 0 saturated heterocycles.